The van der Waals surface area contributed by atoms with Crippen LogP contribution in [-0.2, 0) is 18.4 Å². The van der Waals surface area contributed by atoms with E-state index in [1.807, 2.05) is 27.2 Å². The summed E-state index contributed by atoms with van der Waals surface area (Å²) in [7, 11) is 1.28. The average Bonchev–Trinajstić information content (AvgIpc) is 3.37. The predicted octanol–water partition coefficient (Wildman–Crippen LogP) is 20.3. The molecule has 0 bridgehead atoms. The van der Waals surface area contributed by atoms with Crippen molar-refractivity contribution in [3.63, 3.8) is 0 Å². The second-order valence-corrected chi connectivity index (χ2v) is 26.0. The first-order valence-electron chi connectivity index (χ1n) is 33.6. The fourth-order valence-corrected chi connectivity index (χ4v) is 11.2. The smallest absolute Gasteiger partial charge is 0.268 e. The van der Waals surface area contributed by atoms with Gasteiger partial charge in [-0.2, -0.15) is 0 Å². The molecule has 1 amide bonds. The van der Waals surface area contributed by atoms with E-state index in [2.05, 4.69) is 19.2 Å². The minimum Gasteiger partial charge on any atom is -0.756 e. The van der Waals surface area contributed by atoms with Crippen molar-refractivity contribution in [3.8, 4) is 0 Å². The molecule has 8 nitrogen and oxygen atoms in total. The highest BCUT2D eigenvalue weighted by Gasteiger charge is 2.23. The number of unbranched alkanes of at least 4 members (excludes halogenated alkanes) is 50. The number of amides is 1. The van der Waals surface area contributed by atoms with Crippen LogP contribution in [0.25, 0.3) is 0 Å². The fraction of sp³-hybridized carbons (Fsp3) is 0.955. The van der Waals surface area contributed by atoms with Crippen molar-refractivity contribution in [1.29, 1.82) is 0 Å². The summed E-state index contributed by atoms with van der Waals surface area (Å²) in [4.78, 5) is 25.6. The Bertz CT molecular complexity index is 1230. The first-order chi connectivity index (χ1) is 36.5. The lowest BCUT2D eigenvalue weighted by Gasteiger charge is -2.29. The van der Waals surface area contributed by atoms with Crippen molar-refractivity contribution >= 4 is 13.7 Å². The van der Waals surface area contributed by atoms with Gasteiger partial charge in [0.05, 0.1) is 39.9 Å². The summed E-state index contributed by atoms with van der Waals surface area (Å²) >= 11 is 0. The van der Waals surface area contributed by atoms with E-state index in [0.717, 1.165) is 38.5 Å². The Morgan fingerprint density at radius 1 is 0.453 bits per heavy atom. The van der Waals surface area contributed by atoms with Crippen molar-refractivity contribution in [2.45, 2.75) is 366 Å². The van der Waals surface area contributed by atoms with Crippen LogP contribution in [0.2, 0.25) is 0 Å². The highest BCUT2D eigenvalue weighted by atomic mass is 31.2. The number of likely N-dealkylation sites (N-methyl/N-ethyl adjacent to an activating group) is 1. The molecule has 0 aromatic heterocycles. The Morgan fingerprint density at radius 2 is 0.720 bits per heavy atom. The first kappa shape index (κ1) is 74.2. The SMILES string of the molecule is CCCCCCCCCCCCCCCCCCCCCCCCC/C=C/C(O)C(COP(=O)([O-])OCC[N+](C)(C)C)NC(=O)CCCCCCCCCCCCCCCCCCCCCCCCCCCCCC. The topological polar surface area (TPSA) is 108 Å². The number of aliphatic hydroxyl groups excluding tert-OH is 1. The lowest BCUT2D eigenvalue weighted by molar-refractivity contribution is -0.870. The van der Waals surface area contributed by atoms with Gasteiger partial charge in [0.25, 0.3) is 7.82 Å². The van der Waals surface area contributed by atoms with Crippen LogP contribution in [0, 0.1) is 0 Å². The molecule has 0 saturated heterocycles. The number of phosphoric ester groups is 1. The number of carbonyl (C=O) groups is 1. The Morgan fingerprint density at radius 3 is 1.00 bits per heavy atom. The molecule has 3 unspecified atom stereocenters. The number of hydrogen-bond acceptors (Lipinski definition) is 6. The van der Waals surface area contributed by atoms with Gasteiger partial charge in [-0.3, -0.25) is 9.36 Å². The third-order valence-corrected chi connectivity index (χ3v) is 16.7. The average molecular weight is 1080 g/mol. The minimum atomic E-state index is -4.60. The van der Waals surface area contributed by atoms with E-state index < -0.39 is 20.0 Å². The molecule has 3 atom stereocenters. The lowest BCUT2D eigenvalue weighted by atomic mass is 10.0. The molecule has 9 heteroatoms. The summed E-state index contributed by atoms with van der Waals surface area (Å²) in [5, 5.41) is 14.0. The Labute approximate surface area is 469 Å². The molecule has 0 radical (unpaired) electrons. The second-order valence-electron chi connectivity index (χ2n) is 24.5. The monoisotopic (exact) mass is 1080 g/mol. The van der Waals surface area contributed by atoms with E-state index in [-0.39, 0.29) is 19.1 Å². The summed E-state index contributed by atoms with van der Waals surface area (Å²) in [6.07, 6.45) is 73.2. The predicted molar refractivity (Wildman–Crippen MR) is 326 cm³/mol. The van der Waals surface area contributed by atoms with Crippen LogP contribution in [0.4, 0.5) is 0 Å². The number of rotatable bonds is 63. The lowest BCUT2D eigenvalue weighted by Crippen LogP contribution is -2.45. The van der Waals surface area contributed by atoms with Crippen LogP contribution in [0.3, 0.4) is 0 Å². The highest BCUT2D eigenvalue weighted by Crippen LogP contribution is 2.38. The van der Waals surface area contributed by atoms with E-state index in [1.54, 1.807) is 6.08 Å². The molecule has 0 aliphatic rings. The van der Waals surface area contributed by atoms with Crippen molar-refractivity contribution in [2.24, 2.45) is 0 Å². The zero-order valence-corrected chi connectivity index (χ0v) is 52.2. The molecular formula is C66H133N2O6P. The second kappa shape index (κ2) is 57.9. The minimum absolute atomic E-state index is 0.00295. The molecule has 0 fully saturated rings. The van der Waals surface area contributed by atoms with Crippen LogP contribution in [0.5, 0.6) is 0 Å². The van der Waals surface area contributed by atoms with Crippen molar-refractivity contribution in [1.82, 2.24) is 5.32 Å². The van der Waals surface area contributed by atoms with Crippen LogP contribution in [0.1, 0.15) is 354 Å². The molecule has 0 aliphatic heterocycles. The van der Waals surface area contributed by atoms with E-state index in [1.165, 1.54) is 295 Å². The third kappa shape index (κ3) is 60.7. The molecular weight excluding hydrogens is 948 g/mol. The molecule has 0 spiro atoms. The number of quaternary nitrogens is 1. The first-order valence-corrected chi connectivity index (χ1v) is 35.0. The maximum atomic E-state index is 13.0. The number of aliphatic hydroxyl groups is 1. The molecule has 0 saturated carbocycles. The van der Waals surface area contributed by atoms with Crippen LogP contribution >= 0.6 is 7.82 Å². The summed E-state index contributed by atoms with van der Waals surface area (Å²) in [6, 6.07) is -0.883. The zero-order valence-electron chi connectivity index (χ0n) is 51.3. The number of nitrogens with zero attached hydrogens (tertiary/aromatic N) is 1. The quantitative estimate of drug-likeness (QED) is 0.0272. The standard InChI is InChI=1S/C66H133N2O6P/c1-6-8-10-12-14-16-18-20-22-24-26-28-30-32-33-34-36-38-40-42-44-46-48-50-52-54-56-58-60-66(70)67-64(63-74-75(71,72)73-62-61-68(3,4)5)65(69)59-57-55-53-51-49-47-45-43-41-39-37-35-31-29-27-25-23-21-19-17-15-13-11-9-7-2/h57,59,64-65,69H,6-56,58,60-63H2,1-5H3,(H-,67,70,71,72)/b59-57+. The molecule has 448 valence electrons. The van der Waals surface area contributed by atoms with Gasteiger partial charge in [-0.15, -0.1) is 0 Å². The maximum Gasteiger partial charge on any atom is 0.268 e. The van der Waals surface area contributed by atoms with E-state index in [4.69, 9.17) is 9.05 Å². The molecule has 2 N–H and O–H groups in total. The van der Waals surface area contributed by atoms with Gasteiger partial charge in [0, 0.05) is 6.42 Å². The number of nitrogens with one attached hydrogen (secondary N) is 1. The molecule has 0 aromatic rings. The van der Waals surface area contributed by atoms with E-state index in [0.29, 0.717) is 17.4 Å². The van der Waals surface area contributed by atoms with Gasteiger partial charge >= 0.3 is 0 Å². The van der Waals surface area contributed by atoms with Crippen molar-refractivity contribution < 1.29 is 32.9 Å². The molecule has 0 aliphatic carbocycles. The van der Waals surface area contributed by atoms with Crippen LogP contribution < -0.4 is 10.2 Å². The Balaban J connectivity index is 4.06. The van der Waals surface area contributed by atoms with Gasteiger partial charge in [0.2, 0.25) is 5.91 Å². The number of carbonyl (C=O) groups excluding carboxylic acids is 1. The molecule has 75 heavy (non-hydrogen) atoms. The van der Waals surface area contributed by atoms with E-state index in [9.17, 15) is 19.4 Å². The van der Waals surface area contributed by atoms with Gasteiger partial charge in [0.1, 0.15) is 13.2 Å². The maximum absolute atomic E-state index is 13.0. The number of hydrogen-bond donors (Lipinski definition) is 2. The third-order valence-electron chi connectivity index (χ3n) is 15.7. The Kier molecular flexibility index (Phi) is 57.3. The molecule has 0 rings (SSSR count). The van der Waals surface area contributed by atoms with Crippen molar-refractivity contribution in [3.05, 3.63) is 12.2 Å². The summed E-state index contributed by atoms with van der Waals surface area (Å²) in [5.74, 6) is -0.188. The number of phosphoric acid groups is 1. The highest BCUT2D eigenvalue weighted by molar-refractivity contribution is 7.45. The Hall–Kier alpha value is -0.760. The normalized spacial score (nSPS) is 13.7. The van der Waals surface area contributed by atoms with Crippen LogP contribution in [0.15, 0.2) is 12.2 Å². The summed E-state index contributed by atoms with van der Waals surface area (Å²) in [5.41, 5.74) is 0. The largest absolute Gasteiger partial charge is 0.756 e. The van der Waals surface area contributed by atoms with Gasteiger partial charge in [-0.25, -0.2) is 0 Å². The zero-order chi connectivity index (χ0) is 54.9. The van der Waals surface area contributed by atoms with Gasteiger partial charge in [-0.1, -0.05) is 341 Å². The molecule has 0 heterocycles. The molecule has 0 aromatic carbocycles. The number of allylic oxidation sites excluding steroid dienone is 1. The van der Waals surface area contributed by atoms with E-state index >= 15 is 0 Å². The van der Waals surface area contributed by atoms with Gasteiger partial charge in [0.15, 0.2) is 0 Å². The fourth-order valence-electron chi connectivity index (χ4n) is 10.5. The summed E-state index contributed by atoms with van der Waals surface area (Å²) < 4.78 is 23.4. The van der Waals surface area contributed by atoms with Gasteiger partial charge < -0.3 is 28.8 Å². The van der Waals surface area contributed by atoms with Gasteiger partial charge in [-0.05, 0) is 19.3 Å². The summed E-state index contributed by atoms with van der Waals surface area (Å²) in [6.45, 7) is 4.72. The van der Waals surface area contributed by atoms with Crippen molar-refractivity contribution in [2.75, 3.05) is 40.9 Å². The van der Waals surface area contributed by atoms with Crippen LogP contribution in [-0.4, -0.2) is 68.5 Å².